The molecule has 0 spiro atoms. The number of nitrogens with zero attached hydrogens (tertiary/aromatic N) is 2. The van der Waals surface area contributed by atoms with Crippen molar-refractivity contribution in [3.8, 4) is 11.3 Å². The van der Waals surface area contributed by atoms with Gasteiger partial charge in [0, 0.05) is 11.2 Å². The van der Waals surface area contributed by atoms with E-state index in [1.54, 1.807) is 12.1 Å². The van der Waals surface area contributed by atoms with Gasteiger partial charge in [0.05, 0.1) is 11.8 Å². The summed E-state index contributed by atoms with van der Waals surface area (Å²) in [6, 6.07) is 11.3. The molecule has 1 aromatic heterocycles. The summed E-state index contributed by atoms with van der Waals surface area (Å²) in [5.74, 6) is 0. The van der Waals surface area contributed by atoms with Gasteiger partial charge in [0.25, 0.3) is 5.69 Å². The van der Waals surface area contributed by atoms with Crippen molar-refractivity contribution in [1.29, 1.82) is 0 Å². The Morgan fingerprint density at radius 2 is 1.93 bits per heavy atom. The van der Waals surface area contributed by atoms with Gasteiger partial charge in [-0.1, -0.05) is 23.0 Å². The predicted octanol–water partition coefficient (Wildman–Crippen LogP) is 1.69. The van der Waals surface area contributed by atoms with Crippen LogP contribution in [0.15, 0.2) is 42.6 Å². The SMILES string of the molecule is Cc1ccccc1-c1cccn[n+]1[O-]. The van der Waals surface area contributed by atoms with Gasteiger partial charge in [0.15, 0.2) is 0 Å². The molecule has 1 heterocycles. The van der Waals surface area contributed by atoms with Gasteiger partial charge in [-0.2, -0.15) is 0 Å². The number of aryl methyl sites for hydroxylation is 1. The first-order chi connectivity index (χ1) is 6.79. The lowest BCUT2D eigenvalue weighted by Crippen LogP contribution is -2.33. The number of rotatable bonds is 1. The van der Waals surface area contributed by atoms with Gasteiger partial charge in [-0.3, -0.25) is 0 Å². The summed E-state index contributed by atoms with van der Waals surface area (Å²) in [5, 5.41) is 15.0. The first-order valence-corrected chi connectivity index (χ1v) is 4.40. The van der Waals surface area contributed by atoms with Gasteiger partial charge in [0.1, 0.15) is 0 Å². The van der Waals surface area contributed by atoms with Crippen molar-refractivity contribution in [2.75, 3.05) is 0 Å². The Bertz CT molecular complexity index is 411. The van der Waals surface area contributed by atoms with Crippen LogP contribution in [-0.2, 0) is 0 Å². The van der Waals surface area contributed by atoms with E-state index in [0.717, 1.165) is 11.1 Å². The molecule has 0 unspecified atom stereocenters. The van der Waals surface area contributed by atoms with Gasteiger partial charge in [-0.25, -0.2) is 0 Å². The smallest absolute Gasteiger partial charge is 0.252 e. The minimum absolute atomic E-state index is 0.589. The third-order valence-corrected chi connectivity index (χ3v) is 2.14. The molecule has 14 heavy (non-hydrogen) atoms. The van der Waals surface area contributed by atoms with E-state index in [1.807, 2.05) is 31.2 Å². The van der Waals surface area contributed by atoms with Crippen molar-refractivity contribution in [3.05, 3.63) is 53.4 Å². The zero-order chi connectivity index (χ0) is 9.97. The van der Waals surface area contributed by atoms with Gasteiger partial charge in [0.2, 0.25) is 0 Å². The highest BCUT2D eigenvalue weighted by Gasteiger charge is 2.10. The van der Waals surface area contributed by atoms with Crippen molar-refractivity contribution >= 4 is 0 Å². The number of hydrogen-bond donors (Lipinski definition) is 0. The Morgan fingerprint density at radius 3 is 2.64 bits per heavy atom. The molecule has 0 fully saturated rings. The highest BCUT2D eigenvalue weighted by Crippen LogP contribution is 2.18. The molecule has 0 bridgehead atoms. The quantitative estimate of drug-likeness (QED) is 0.502. The molecule has 2 aromatic rings. The summed E-state index contributed by atoms with van der Waals surface area (Å²) in [7, 11) is 0. The van der Waals surface area contributed by atoms with Crippen molar-refractivity contribution in [3.63, 3.8) is 0 Å². The molecule has 70 valence electrons. The maximum absolute atomic E-state index is 11.4. The van der Waals surface area contributed by atoms with Gasteiger partial charge in [-0.05, 0) is 24.6 Å². The Labute approximate surface area is 82.2 Å². The normalized spacial score (nSPS) is 10.1. The maximum Gasteiger partial charge on any atom is 0.252 e. The van der Waals surface area contributed by atoms with Crippen LogP contribution in [0.25, 0.3) is 11.3 Å². The topological polar surface area (TPSA) is 39.8 Å². The standard InChI is InChI=1S/C11H10N2O/c1-9-5-2-3-6-10(9)11-7-4-8-12-13(11)14/h2-8H,1H3. The van der Waals surface area contributed by atoms with Crippen LogP contribution in [0.5, 0.6) is 0 Å². The lowest BCUT2D eigenvalue weighted by Gasteiger charge is -2.03. The van der Waals surface area contributed by atoms with Crippen LogP contribution in [0.2, 0.25) is 0 Å². The molecular weight excluding hydrogens is 176 g/mol. The second-order valence-electron chi connectivity index (χ2n) is 3.10. The van der Waals surface area contributed by atoms with Crippen molar-refractivity contribution in [2.24, 2.45) is 0 Å². The lowest BCUT2D eigenvalue weighted by molar-refractivity contribution is -0.658. The van der Waals surface area contributed by atoms with E-state index < -0.39 is 0 Å². The molecule has 0 atom stereocenters. The largest absolute Gasteiger partial charge is 0.594 e. The summed E-state index contributed by atoms with van der Waals surface area (Å²) < 4.78 is 0. The minimum Gasteiger partial charge on any atom is -0.594 e. The molecule has 0 amide bonds. The molecule has 0 N–H and O–H groups in total. The molecule has 3 heteroatoms. The van der Waals surface area contributed by atoms with Crippen LogP contribution in [0.1, 0.15) is 5.56 Å². The van der Waals surface area contributed by atoms with E-state index in [2.05, 4.69) is 5.10 Å². The van der Waals surface area contributed by atoms with Crippen molar-refractivity contribution < 1.29 is 4.85 Å². The molecule has 2 rings (SSSR count). The van der Waals surface area contributed by atoms with Crippen molar-refractivity contribution in [1.82, 2.24) is 5.10 Å². The summed E-state index contributed by atoms with van der Waals surface area (Å²) in [5.41, 5.74) is 2.59. The zero-order valence-corrected chi connectivity index (χ0v) is 7.84. The van der Waals surface area contributed by atoms with Gasteiger partial charge >= 0.3 is 0 Å². The van der Waals surface area contributed by atoms with E-state index in [4.69, 9.17) is 0 Å². The average Bonchev–Trinajstić information content (AvgIpc) is 2.20. The maximum atomic E-state index is 11.4. The Kier molecular flexibility index (Phi) is 2.14. The molecule has 0 aliphatic carbocycles. The molecular formula is C11H10N2O. The Hall–Kier alpha value is -1.90. The second kappa shape index (κ2) is 3.46. The van der Waals surface area contributed by atoms with E-state index >= 15 is 0 Å². The fourth-order valence-electron chi connectivity index (χ4n) is 1.41. The van der Waals surface area contributed by atoms with Crippen LogP contribution in [0.3, 0.4) is 0 Å². The highest BCUT2D eigenvalue weighted by atomic mass is 16.5. The first-order valence-electron chi connectivity index (χ1n) is 4.40. The number of benzene rings is 1. The van der Waals surface area contributed by atoms with Gasteiger partial charge in [-0.15, -0.1) is 0 Å². The van der Waals surface area contributed by atoms with Crippen LogP contribution in [0.4, 0.5) is 0 Å². The Morgan fingerprint density at radius 1 is 1.14 bits per heavy atom. The minimum atomic E-state index is 0.589. The first kappa shape index (κ1) is 8.69. The Balaban J connectivity index is 2.61. The third-order valence-electron chi connectivity index (χ3n) is 2.14. The molecule has 0 saturated heterocycles. The van der Waals surface area contributed by atoms with Crippen LogP contribution < -0.4 is 4.85 Å². The average molecular weight is 186 g/mol. The summed E-state index contributed by atoms with van der Waals surface area (Å²) >= 11 is 0. The predicted molar refractivity (Wildman–Crippen MR) is 53.4 cm³/mol. The lowest BCUT2D eigenvalue weighted by atomic mass is 10.1. The van der Waals surface area contributed by atoms with E-state index in [9.17, 15) is 5.21 Å². The van der Waals surface area contributed by atoms with Crippen LogP contribution >= 0.6 is 0 Å². The summed E-state index contributed by atoms with van der Waals surface area (Å²) in [6.45, 7) is 1.97. The molecule has 3 nitrogen and oxygen atoms in total. The molecule has 0 radical (unpaired) electrons. The summed E-state index contributed by atoms with van der Waals surface area (Å²) in [6.07, 6.45) is 1.48. The number of hydrogen-bond acceptors (Lipinski definition) is 2. The fourth-order valence-corrected chi connectivity index (χ4v) is 1.41. The zero-order valence-electron chi connectivity index (χ0n) is 7.84. The molecule has 0 saturated carbocycles. The molecule has 1 aromatic carbocycles. The summed E-state index contributed by atoms with van der Waals surface area (Å²) in [4.78, 5) is 0.641. The molecule has 0 aliphatic rings. The van der Waals surface area contributed by atoms with Gasteiger partial charge < -0.3 is 5.21 Å². The van der Waals surface area contributed by atoms with E-state index in [1.165, 1.54) is 6.20 Å². The van der Waals surface area contributed by atoms with E-state index in [-0.39, 0.29) is 0 Å². The van der Waals surface area contributed by atoms with Crippen molar-refractivity contribution in [2.45, 2.75) is 6.92 Å². The second-order valence-corrected chi connectivity index (χ2v) is 3.10. The van der Waals surface area contributed by atoms with E-state index in [0.29, 0.717) is 10.5 Å². The van der Waals surface area contributed by atoms with Crippen LogP contribution in [-0.4, -0.2) is 5.10 Å². The van der Waals surface area contributed by atoms with Crippen LogP contribution in [0, 0.1) is 12.1 Å². The molecule has 0 aliphatic heterocycles. The third kappa shape index (κ3) is 1.44. The monoisotopic (exact) mass is 186 g/mol. The highest BCUT2D eigenvalue weighted by molar-refractivity contribution is 5.60. The number of aromatic nitrogens is 2. The fraction of sp³-hybridized carbons (Fsp3) is 0.0909.